The Balaban J connectivity index is 1.40. The van der Waals surface area contributed by atoms with Crippen molar-refractivity contribution in [2.75, 3.05) is 31.2 Å². The highest BCUT2D eigenvalue weighted by Crippen LogP contribution is 2.31. The van der Waals surface area contributed by atoms with Gasteiger partial charge in [-0.05, 0) is 38.5 Å². The number of thiazole rings is 1. The van der Waals surface area contributed by atoms with Crippen molar-refractivity contribution in [2.24, 2.45) is 5.92 Å². The number of nitrogens with zero attached hydrogens (tertiary/aromatic N) is 4. The van der Waals surface area contributed by atoms with Crippen molar-refractivity contribution < 1.29 is 9.26 Å². The Morgan fingerprint density at radius 3 is 2.68 bits per heavy atom. The largest absolute Gasteiger partial charge is 0.381 e. The van der Waals surface area contributed by atoms with Gasteiger partial charge < -0.3 is 19.5 Å². The number of anilines is 1. The van der Waals surface area contributed by atoms with Crippen LogP contribution in [0.4, 0.5) is 5.13 Å². The van der Waals surface area contributed by atoms with Gasteiger partial charge in [-0.15, -0.1) is 11.3 Å². The first-order valence-corrected chi connectivity index (χ1v) is 9.96. The van der Waals surface area contributed by atoms with Gasteiger partial charge in [0.25, 0.3) is 0 Å². The highest BCUT2D eigenvalue weighted by Gasteiger charge is 2.32. The second kappa shape index (κ2) is 7.80. The standard InChI is InChI=1S/C17H25N5O2S/c1-12-19-16(24-21-12)15(13-4-9-23-10-5-13)20-14-2-7-22(8-3-14)17-18-6-11-25-17/h6,11,13-15,20H,2-5,7-10H2,1H3/t15-/m1/s1. The Morgan fingerprint density at radius 2 is 2.04 bits per heavy atom. The normalized spacial score (nSPS) is 21.6. The molecule has 2 aromatic rings. The molecule has 4 rings (SSSR count). The summed E-state index contributed by atoms with van der Waals surface area (Å²) >= 11 is 1.71. The zero-order valence-corrected chi connectivity index (χ0v) is 15.4. The molecule has 25 heavy (non-hydrogen) atoms. The lowest BCUT2D eigenvalue weighted by Gasteiger charge is -2.36. The van der Waals surface area contributed by atoms with Crippen molar-refractivity contribution in [1.82, 2.24) is 20.4 Å². The molecular formula is C17H25N5O2S. The van der Waals surface area contributed by atoms with Crippen LogP contribution in [0.3, 0.4) is 0 Å². The highest BCUT2D eigenvalue weighted by atomic mass is 32.1. The smallest absolute Gasteiger partial charge is 0.244 e. The summed E-state index contributed by atoms with van der Waals surface area (Å²) in [5.41, 5.74) is 0. The lowest BCUT2D eigenvalue weighted by molar-refractivity contribution is 0.0461. The van der Waals surface area contributed by atoms with Crippen molar-refractivity contribution in [3.8, 4) is 0 Å². The van der Waals surface area contributed by atoms with E-state index in [4.69, 9.17) is 9.26 Å². The zero-order chi connectivity index (χ0) is 17.1. The van der Waals surface area contributed by atoms with Gasteiger partial charge in [-0.1, -0.05) is 5.16 Å². The van der Waals surface area contributed by atoms with Gasteiger partial charge in [0.05, 0.1) is 6.04 Å². The van der Waals surface area contributed by atoms with Gasteiger partial charge >= 0.3 is 0 Å². The van der Waals surface area contributed by atoms with Crippen molar-refractivity contribution in [3.63, 3.8) is 0 Å². The quantitative estimate of drug-likeness (QED) is 0.875. The average molecular weight is 363 g/mol. The van der Waals surface area contributed by atoms with Crippen LogP contribution < -0.4 is 10.2 Å². The number of aryl methyl sites for hydroxylation is 1. The first-order valence-electron chi connectivity index (χ1n) is 9.08. The summed E-state index contributed by atoms with van der Waals surface area (Å²) in [7, 11) is 0. The Hall–Kier alpha value is -1.51. The summed E-state index contributed by atoms with van der Waals surface area (Å²) in [6.07, 6.45) is 6.16. The fraction of sp³-hybridized carbons (Fsp3) is 0.706. The van der Waals surface area contributed by atoms with E-state index in [2.05, 4.69) is 25.3 Å². The number of nitrogens with one attached hydrogen (secondary N) is 1. The molecule has 0 aliphatic carbocycles. The van der Waals surface area contributed by atoms with Crippen molar-refractivity contribution in [1.29, 1.82) is 0 Å². The summed E-state index contributed by atoms with van der Waals surface area (Å²) in [5.74, 6) is 1.92. The summed E-state index contributed by atoms with van der Waals surface area (Å²) < 4.78 is 11.0. The van der Waals surface area contributed by atoms with Gasteiger partial charge in [0, 0.05) is 43.9 Å². The summed E-state index contributed by atoms with van der Waals surface area (Å²) in [5, 5.41) is 11.0. The molecule has 0 amide bonds. The monoisotopic (exact) mass is 363 g/mol. The molecule has 2 aliphatic rings. The molecule has 0 saturated carbocycles. The highest BCUT2D eigenvalue weighted by molar-refractivity contribution is 7.13. The summed E-state index contributed by atoms with van der Waals surface area (Å²) in [6, 6.07) is 0.595. The van der Waals surface area contributed by atoms with E-state index < -0.39 is 0 Å². The molecule has 2 fully saturated rings. The molecule has 1 atom stereocenters. The van der Waals surface area contributed by atoms with E-state index in [1.54, 1.807) is 11.3 Å². The summed E-state index contributed by atoms with van der Waals surface area (Å²) in [6.45, 7) is 5.58. The minimum absolute atomic E-state index is 0.126. The lowest BCUT2D eigenvalue weighted by atomic mass is 9.90. The Kier molecular flexibility index (Phi) is 5.28. The van der Waals surface area contributed by atoms with Gasteiger partial charge in [0.2, 0.25) is 5.89 Å². The average Bonchev–Trinajstić information content (AvgIpc) is 3.33. The van der Waals surface area contributed by atoms with Crippen LogP contribution in [0.15, 0.2) is 16.1 Å². The molecule has 7 nitrogen and oxygen atoms in total. The van der Waals surface area contributed by atoms with Crippen molar-refractivity contribution >= 4 is 16.5 Å². The molecule has 1 N–H and O–H groups in total. The molecule has 0 unspecified atom stereocenters. The second-order valence-corrected chi connectivity index (χ2v) is 7.72. The lowest BCUT2D eigenvalue weighted by Crippen LogP contribution is -2.45. The van der Waals surface area contributed by atoms with E-state index in [1.807, 2.05) is 18.5 Å². The molecule has 4 heterocycles. The van der Waals surface area contributed by atoms with Crippen LogP contribution in [-0.2, 0) is 4.74 Å². The third kappa shape index (κ3) is 4.02. The second-order valence-electron chi connectivity index (χ2n) is 6.85. The number of hydrogen-bond donors (Lipinski definition) is 1. The van der Waals surface area contributed by atoms with Crippen LogP contribution in [0.1, 0.15) is 43.4 Å². The number of aromatic nitrogens is 3. The molecule has 2 saturated heterocycles. The maximum Gasteiger partial charge on any atom is 0.244 e. The van der Waals surface area contributed by atoms with Gasteiger partial charge in [0.15, 0.2) is 11.0 Å². The molecule has 0 aromatic carbocycles. The molecule has 136 valence electrons. The molecule has 0 radical (unpaired) electrons. The van der Waals surface area contributed by atoms with Crippen molar-refractivity contribution in [3.05, 3.63) is 23.3 Å². The van der Waals surface area contributed by atoms with Gasteiger partial charge in [-0.3, -0.25) is 0 Å². The maximum absolute atomic E-state index is 5.53. The van der Waals surface area contributed by atoms with Crippen LogP contribution in [-0.4, -0.2) is 47.5 Å². The fourth-order valence-electron chi connectivity index (χ4n) is 3.76. The third-order valence-corrected chi connectivity index (χ3v) is 5.98. The molecule has 2 aliphatic heterocycles. The van der Waals surface area contributed by atoms with E-state index in [0.29, 0.717) is 17.8 Å². The SMILES string of the molecule is Cc1noc([C@H](NC2CCN(c3nccs3)CC2)C2CCOCC2)n1. The number of rotatable bonds is 5. The van der Waals surface area contributed by atoms with Crippen molar-refractivity contribution in [2.45, 2.75) is 44.7 Å². The van der Waals surface area contributed by atoms with Gasteiger partial charge in [0.1, 0.15) is 0 Å². The first-order chi connectivity index (χ1) is 12.3. The predicted octanol–water partition coefficient (Wildman–Crippen LogP) is 2.56. The van der Waals surface area contributed by atoms with E-state index in [-0.39, 0.29) is 6.04 Å². The Bertz CT molecular complexity index is 648. The van der Waals surface area contributed by atoms with Gasteiger partial charge in [-0.2, -0.15) is 4.98 Å². The molecule has 8 heteroatoms. The van der Waals surface area contributed by atoms with E-state index in [0.717, 1.165) is 63.0 Å². The number of piperidine rings is 1. The zero-order valence-electron chi connectivity index (χ0n) is 14.6. The predicted molar refractivity (Wildman–Crippen MR) is 95.8 cm³/mol. The molecule has 2 aromatic heterocycles. The Morgan fingerprint density at radius 1 is 1.24 bits per heavy atom. The van der Waals surface area contributed by atoms with Crippen LogP contribution >= 0.6 is 11.3 Å². The van der Waals surface area contributed by atoms with Gasteiger partial charge in [-0.25, -0.2) is 4.98 Å². The molecule has 0 bridgehead atoms. The molecule has 0 spiro atoms. The van der Waals surface area contributed by atoms with Crippen LogP contribution in [0.5, 0.6) is 0 Å². The van der Waals surface area contributed by atoms with E-state index >= 15 is 0 Å². The van der Waals surface area contributed by atoms with Crippen LogP contribution in [0.25, 0.3) is 0 Å². The minimum atomic E-state index is 0.126. The van der Waals surface area contributed by atoms with E-state index in [9.17, 15) is 0 Å². The topological polar surface area (TPSA) is 76.3 Å². The van der Waals surface area contributed by atoms with Crippen LogP contribution in [0.2, 0.25) is 0 Å². The fourth-order valence-corrected chi connectivity index (χ4v) is 4.46. The summed E-state index contributed by atoms with van der Waals surface area (Å²) in [4.78, 5) is 11.3. The maximum atomic E-state index is 5.53. The Labute approximate surface area is 151 Å². The molecular weight excluding hydrogens is 338 g/mol. The number of ether oxygens (including phenoxy) is 1. The van der Waals surface area contributed by atoms with Crippen LogP contribution in [0, 0.1) is 12.8 Å². The minimum Gasteiger partial charge on any atom is -0.381 e. The number of hydrogen-bond acceptors (Lipinski definition) is 8. The van der Waals surface area contributed by atoms with E-state index in [1.165, 1.54) is 0 Å². The third-order valence-electron chi connectivity index (χ3n) is 5.15. The first kappa shape index (κ1) is 16.9.